The number of piperidine rings is 1. The highest BCUT2D eigenvalue weighted by molar-refractivity contribution is 6.39. The molecule has 2 aromatic carbocycles. The first-order valence-corrected chi connectivity index (χ1v) is 12.4. The maximum absolute atomic E-state index is 12.7. The maximum atomic E-state index is 12.7. The highest BCUT2D eigenvalue weighted by atomic mass is 16.7. The Morgan fingerprint density at radius 1 is 1.03 bits per heavy atom. The average molecular weight is 525 g/mol. The quantitative estimate of drug-likeness (QED) is 0.507. The summed E-state index contributed by atoms with van der Waals surface area (Å²) >= 11 is 0. The predicted molar refractivity (Wildman–Crippen MR) is 139 cm³/mol. The first kappa shape index (κ1) is 26.8. The minimum atomic E-state index is -0.589. The summed E-state index contributed by atoms with van der Waals surface area (Å²) in [5, 5.41) is 9.78. The Kier molecular flexibility index (Phi) is 8.35. The summed E-state index contributed by atoms with van der Waals surface area (Å²) in [6.45, 7) is 3.27. The molecular weight excluding hydrogens is 492 g/mol. The Labute approximate surface area is 221 Å². The van der Waals surface area contributed by atoms with E-state index >= 15 is 0 Å². The van der Waals surface area contributed by atoms with E-state index in [1.807, 2.05) is 12.1 Å². The van der Waals surface area contributed by atoms with Crippen molar-refractivity contribution in [1.82, 2.24) is 10.2 Å². The van der Waals surface area contributed by atoms with Crippen molar-refractivity contribution in [2.45, 2.75) is 38.3 Å². The fourth-order valence-corrected chi connectivity index (χ4v) is 4.41. The molecule has 11 nitrogen and oxygen atoms in total. The summed E-state index contributed by atoms with van der Waals surface area (Å²) in [7, 11) is 3.13. The van der Waals surface area contributed by atoms with Gasteiger partial charge in [-0.2, -0.15) is 0 Å². The van der Waals surface area contributed by atoms with Gasteiger partial charge in [0.05, 0.1) is 26.4 Å². The topological polar surface area (TPSA) is 128 Å². The van der Waals surface area contributed by atoms with E-state index in [9.17, 15) is 14.4 Å². The second-order valence-electron chi connectivity index (χ2n) is 9.08. The molecule has 0 atom stereocenters. The Morgan fingerprint density at radius 3 is 2.39 bits per heavy atom. The van der Waals surface area contributed by atoms with E-state index in [2.05, 4.69) is 15.8 Å². The Bertz CT molecular complexity index is 1200. The molecule has 0 aliphatic carbocycles. The number of benzene rings is 2. The molecule has 4 rings (SSSR count). The molecule has 1 spiro atoms. The molecule has 11 heteroatoms. The number of ether oxygens (including phenoxy) is 3. The number of oxime groups is 1. The Morgan fingerprint density at radius 2 is 1.74 bits per heavy atom. The molecule has 0 radical (unpaired) electrons. The monoisotopic (exact) mass is 524 g/mol. The van der Waals surface area contributed by atoms with Crippen molar-refractivity contribution < 1.29 is 33.4 Å². The third-order valence-electron chi connectivity index (χ3n) is 6.61. The van der Waals surface area contributed by atoms with E-state index < -0.39 is 11.6 Å². The first-order chi connectivity index (χ1) is 18.4. The van der Waals surface area contributed by atoms with Crippen LogP contribution in [-0.4, -0.2) is 68.0 Å². The smallest absolute Gasteiger partial charge is 0.338 e. The summed E-state index contributed by atoms with van der Waals surface area (Å²) in [5.74, 6) is 0.511. The molecule has 2 aliphatic rings. The van der Waals surface area contributed by atoms with Crippen molar-refractivity contribution in [1.29, 1.82) is 0 Å². The van der Waals surface area contributed by atoms with Crippen LogP contribution in [0.5, 0.6) is 11.5 Å². The van der Waals surface area contributed by atoms with Crippen molar-refractivity contribution in [2.24, 2.45) is 5.16 Å². The molecule has 2 aliphatic heterocycles. The normalized spacial score (nSPS) is 15.8. The van der Waals surface area contributed by atoms with Crippen molar-refractivity contribution in [3.63, 3.8) is 0 Å². The third-order valence-corrected chi connectivity index (χ3v) is 6.61. The fourth-order valence-electron chi connectivity index (χ4n) is 4.41. The summed E-state index contributed by atoms with van der Waals surface area (Å²) in [6.07, 6.45) is 1.49. The number of carbonyl (C=O) groups excluding carboxylic acids is 3. The van der Waals surface area contributed by atoms with Gasteiger partial charge in [0.25, 0.3) is 5.91 Å². The van der Waals surface area contributed by atoms with Crippen LogP contribution in [0.3, 0.4) is 0 Å². The molecule has 2 aromatic rings. The van der Waals surface area contributed by atoms with E-state index in [-0.39, 0.29) is 11.9 Å². The average Bonchev–Trinajstić information content (AvgIpc) is 3.35. The van der Waals surface area contributed by atoms with Crippen molar-refractivity contribution in [3.8, 4) is 11.5 Å². The van der Waals surface area contributed by atoms with E-state index in [4.69, 9.17) is 19.0 Å². The van der Waals surface area contributed by atoms with Crippen LogP contribution in [0, 0.1) is 0 Å². The zero-order chi connectivity index (χ0) is 27.1. The molecule has 1 fully saturated rings. The molecule has 3 amide bonds. The molecule has 202 valence electrons. The minimum Gasteiger partial charge on any atom is -0.493 e. The number of hydrogen-bond donors (Lipinski definition) is 2. The number of nitrogens with one attached hydrogen (secondary N) is 2. The van der Waals surface area contributed by atoms with Gasteiger partial charge < -0.3 is 34.6 Å². The summed E-state index contributed by atoms with van der Waals surface area (Å²) < 4.78 is 15.5. The van der Waals surface area contributed by atoms with E-state index in [0.717, 1.165) is 5.56 Å². The van der Waals surface area contributed by atoms with Crippen LogP contribution in [0.4, 0.5) is 10.5 Å². The van der Waals surface area contributed by atoms with Gasteiger partial charge in [0.15, 0.2) is 11.5 Å². The molecule has 2 N–H and O–H groups in total. The van der Waals surface area contributed by atoms with Crippen molar-refractivity contribution >= 4 is 29.3 Å². The van der Waals surface area contributed by atoms with Gasteiger partial charge >= 0.3 is 12.0 Å². The van der Waals surface area contributed by atoms with Crippen LogP contribution >= 0.6 is 0 Å². The Hall–Kier alpha value is -4.28. The number of nitrogens with zero attached hydrogens (tertiary/aromatic N) is 2. The van der Waals surface area contributed by atoms with Crippen LogP contribution in [0.2, 0.25) is 0 Å². The molecule has 1 saturated heterocycles. The zero-order valence-corrected chi connectivity index (χ0v) is 21.7. The van der Waals surface area contributed by atoms with Gasteiger partial charge in [-0.1, -0.05) is 11.2 Å². The minimum absolute atomic E-state index is 0.240. The number of likely N-dealkylation sites (tertiary alicyclic amines) is 1. The highest BCUT2D eigenvalue weighted by Gasteiger charge is 2.44. The fraction of sp³-hybridized carbons (Fsp3) is 0.407. The van der Waals surface area contributed by atoms with E-state index in [1.165, 1.54) is 0 Å². The van der Waals surface area contributed by atoms with Crippen LogP contribution in [0.1, 0.15) is 42.1 Å². The molecule has 0 saturated carbocycles. The van der Waals surface area contributed by atoms with Crippen LogP contribution in [-0.2, 0) is 20.9 Å². The molecule has 38 heavy (non-hydrogen) atoms. The lowest BCUT2D eigenvalue weighted by atomic mass is 9.87. The molecule has 0 unspecified atom stereocenters. The second-order valence-corrected chi connectivity index (χ2v) is 9.08. The molecule has 0 aromatic heterocycles. The van der Waals surface area contributed by atoms with Gasteiger partial charge in [-0.25, -0.2) is 9.59 Å². The highest BCUT2D eigenvalue weighted by Crippen LogP contribution is 2.35. The number of urea groups is 1. The van der Waals surface area contributed by atoms with Crippen LogP contribution in [0.25, 0.3) is 0 Å². The van der Waals surface area contributed by atoms with Crippen molar-refractivity contribution in [3.05, 3.63) is 53.6 Å². The second kappa shape index (κ2) is 11.8. The van der Waals surface area contributed by atoms with E-state index in [1.54, 1.807) is 56.4 Å². The van der Waals surface area contributed by atoms with Crippen LogP contribution < -0.4 is 20.1 Å². The SMILES string of the molecule is CCOC(=O)c1ccc(NC(=O)N2CCC3(CC2)CC(C(=O)NCc2ccc(OC)c(OC)c2)=NO3)cc1. The lowest BCUT2D eigenvalue weighted by molar-refractivity contribution is -0.115. The van der Waals surface area contributed by atoms with Gasteiger partial charge in [0.1, 0.15) is 11.3 Å². The standard InChI is InChI=1S/C27H32N4O7/c1-4-37-25(33)19-6-8-20(9-7-19)29-26(34)31-13-11-27(12-14-31)16-21(30-38-27)24(32)28-17-18-5-10-22(35-2)23(15-18)36-3/h5-10,15H,4,11-14,16-17H2,1-3H3,(H,28,32)(H,29,34). The molecule has 2 heterocycles. The number of hydrogen-bond acceptors (Lipinski definition) is 8. The number of amides is 3. The predicted octanol–water partition coefficient (Wildman–Crippen LogP) is 3.34. The molecule has 0 bridgehead atoms. The lowest BCUT2D eigenvalue weighted by Crippen LogP contribution is -2.48. The van der Waals surface area contributed by atoms with Gasteiger partial charge in [-0.3, -0.25) is 4.79 Å². The Balaban J connectivity index is 1.24. The number of rotatable bonds is 8. The van der Waals surface area contributed by atoms with Crippen LogP contribution in [0.15, 0.2) is 47.6 Å². The summed E-state index contributed by atoms with van der Waals surface area (Å²) in [6, 6.07) is 11.8. The number of methoxy groups -OCH3 is 2. The maximum Gasteiger partial charge on any atom is 0.338 e. The van der Waals surface area contributed by atoms with Gasteiger partial charge in [0, 0.05) is 44.6 Å². The summed E-state index contributed by atoms with van der Waals surface area (Å²) in [5.41, 5.74) is 1.61. The number of anilines is 1. The van der Waals surface area contributed by atoms with E-state index in [0.29, 0.717) is 74.0 Å². The molecular formula is C27H32N4O7. The van der Waals surface area contributed by atoms with Gasteiger partial charge in [0.2, 0.25) is 0 Å². The largest absolute Gasteiger partial charge is 0.493 e. The van der Waals surface area contributed by atoms with Gasteiger partial charge in [-0.15, -0.1) is 0 Å². The first-order valence-electron chi connectivity index (χ1n) is 12.4. The number of carbonyl (C=O) groups is 3. The zero-order valence-electron chi connectivity index (χ0n) is 21.7. The lowest BCUT2D eigenvalue weighted by Gasteiger charge is -2.37. The van der Waals surface area contributed by atoms with Crippen molar-refractivity contribution in [2.75, 3.05) is 39.2 Å². The number of esters is 1. The van der Waals surface area contributed by atoms with Gasteiger partial charge in [-0.05, 0) is 48.9 Å². The summed E-state index contributed by atoms with van der Waals surface area (Å²) in [4.78, 5) is 44.7. The third kappa shape index (κ3) is 6.16.